The van der Waals surface area contributed by atoms with Crippen molar-refractivity contribution in [2.45, 2.75) is 46.0 Å². The maximum atomic E-state index is 5.50. The Hall–Kier alpha value is -0.990. The van der Waals surface area contributed by atoms with E-state index in [4.69, 9.17) is 5.73 Å². The molecule has 0 aliphatic heterocycles. The molecule has 0 bridgehead atoms. The number of nitrogens with two attached hydrogens (primary N) is 1. The van der Waals surface area contributed by atoms with Gasteiger partial charge in [-0.05, 0) is 12.8 Å². The monoisotopic (exact) mass is 197 g/mol. The van der Waals surface area contributed by atoms with Gasteiger partial charge in [0.2, 0.25) is 0 Å². The Kier molecular flexibility index (Phi) is 7.99. The van der Waals surface area contributed by atoms with E-state index in [0.717, 1.165) is 25.1 Å². The highest BCUT2D eigenvalue weighted by Crippen LogP contribution is 2.10. The van der Waals surface area contributed by atoms with E-state index in [-0.39, 0.29) is 0 Å². The molecule has 14 heavy (non-hydrogen) atoms. The molecule has 2 N–H and O–H groups in total. The SMILES string of the molecule is C=NN(CCCCCC)/C(=C\N)CC. The summed E-state index contributed by atoms with van der Waals surface area (Å²) >= 11 is 0. The van der Waals surface area contributed by atoms with Crippen molar-refractivity contribution in [2.75, 3.05) is 6.54 Å². The van der Waals surface area contributed by atoms with Gasteiger partial charge < -0.3 is 5.73 Å². The summed E-state index contributed by atoms with van der Waals surface area (Å²) in [5.41, 5.74) is 6.55. The molecular formula is C11H23N3. The molecule has 0 unspecified atom stereocenters. The zero-order valence-electron chi connectivity index (χ0n) is 9.50. The van der Waals surface area contributed by atoms with Gasteiger partial charge in [0.05, 0.1) is 5.70 Å². The zero-order valence-corrected chi connectivity index (χ0v) is 9.50. The van der Waals surface area contributed by atoms with Crippen LogP contribution in [-0.4, -0.2) is 18.3 Å². The molecule has 0 rings (SSSR count). The highest BCUT2D eigenvalue weighted by atomic mass is 15.4. The first-order chi connectivity index (χ1) is 6.79. The van der Waals surface area contributed by atoms with E-state index >= 15 is 0 Å². The Morgan fingerprint density at radius 2 is 2.07 bits per heavy atom. The summed E-state index contributed by atoms with van der Waals surface area (Å²) in [5.74, 6) is 0. The van der Waals surface area contributed by atoms with Gasteiger partial charge in [-0.25, -0.2) is 0 Å². The summed E-state index contributed by atoms with van der Waals surface area (Å²) in [6, 6.07) is 0. The normalized spacial score (nSPS) is 11.4. The molecule has 0 aliphatic carbocycles. The Balaban J connectivity index is 3.84. The third-order valence-electron chi connectivity index (χ3n) is 2.28. The van der Waals surface area contributed by atoms with Gasteiger partial charge >= 0.3 is 0 Å². The van der Waals surface area contributed by atoms with Crippen LogP contribution >= 0.6 is 0 Å². The van der Waals surface area contributed by atoms with Crippen molar-refractivity contribution in [3.05, 3.63) is 11.9 Å². The number of unbranched alkanes of at least 4 members (excludes halogenated alkanes) is 3. The van der Waals surface area contributed by atoms with Crippen molar-refractivity contribution in [1.29, 1.82) is 0 Å². The fraction of sp³-hybridized carbons (Fsp3) is 0.727. The third-order valence-corrected chi connectivity index (χ3v) is 2.28. The molecule has 0 aliphatic rings. The van der Waals surface area contributed by atoms with Crippen LogP contribution in [0.1, 0.15) is 46.0 Å². The Labute approximate surface area is 87.7 Å². The average Bonchev–Trinajstić information content (AvgIpc) is 2.23. The number of hydrogen-bond acceptors (Lipinski definition) is 3. The zero-order chi connectivity index (χ0) is 10.8. The van der Waals surface area contributed by atoms with Crippen molar-refractivity contribution in [2.24, 2.45) is 10.8 Å². The largest absolute Gasteiger partial charge is 0.403 e. The Morgan fingerprint density at radius 1 is 1.36 bits per heavy atom. The molecule has 0 aromatic rings. The average molecular weight is 197 g/mol. The fourth-order valence-electron chi connectivity index (χ4n) is 1.38. The summed E-state index contributed by atoms with van der Waals surface area (Å²) in [7, 11) is 0. The number of allylic oxidation sites excluding steroid dienone is 1. The molecular weight excluding hydrogens is 174 g/mol. The van der Waals surface area contributed by atoms with Gasteiger partial charge in [0.15, 0.2) is 0 Å². The number of rotatable bonds is 8. The lowest BCUT2D eigenvalue weighted by molar-refractivity contribution is 0.344. The van der Waals surface area contributed by atoms with E-state index in [1.54, 1.807) is 6.20 Å². The second-order valence-corrected chi connectivity index (χ2v) is 3.34. The van der Waals surface area contributed by atoms with Crippen LogP contribution in [0.15, 0.2) is 17.0 Å². The standard InChI is InChI=1S/C11H23N3/c1-4-6-7-8-9-14(13-3)11(5-2)10-12/h10H,3-9,12H2,1-2H3/b11-10-. The van der Waals surface area contributed by atoms with E-state index < -0.39 is 0 Å². The van der Waals surface area contributed by atoms with Gasteiger partial charge in [-0.2, -0.15) is 5.10 Å². The highest BCUT2D eigenvalue weighted by Gasteiger charge is 2.03. The quantitative estimate of drug-likeness (QED) is 0.369. The topological polar surface area (TPSA) is 41.6 Å². The minimum absolute atomic E-state index is 0.906. The summed E-state index contributed by atoms with van der Waals surface area (Å²) in [6.45, 7) is 8.77. The molecule has 3 heteroatoms. The van der Waals surface area contributed by atoms with Crippen LogP contribution in [0.4, 0.5) is 0 Å². The Morgan fingerprint density at radius 3 is 2.50 bits per heavy atom. The van der Waals surface area contributed by atoms with Gasteiger partial charge in [-0.15, -0.1) is 0 Å². The van der Waals surface area contributed by atoms with E-state index in [1.807, 2.05) is 5.01 Å². The van der Waals surface area contributed by atoms with E-state index in [9.17, 15) is 0 Å². The second kappa shape index (κ2) is 8.60. The van der Waals surface area contributed by atoms with Gasteiger partial charge in [0.25, 0.3) is 0 Å². The first-order valence-electron chi connectivity index (χ1n) is 5.45. The van der Waals surface area contributed by atoms with Crippen molar-refractivity contribution in [1.82, 2.24) is 5.01 Å². The lowest BCUT2D eigenvalue weighted by Gasteiger charge is -2.20. The van der Waals surface area contributed by atoms with Crippen molar-refractivity contribution in [3.63, 3.8) is 0 Å². The molecule has 0 saturated heterocycles. The van der Waals surface area contributed by atoms with Crippen LogP contribution < -0.4 is 5.73 Å². The van der Waals surface area contributed by atoms with Crippen molar-refractivity contribution < 1.29 is 0 Å². The molecule has 0 aromatic carbocycles. The van der Waals surface area contributed by atoms with E-state index in [0.29, 0.717) is 0 Å². The van der Waals surface area contributed by atoms with Crippen LogP contribution in [0.25, 0.3) is 0 Å². The number of hydrazone groups is 1. The second-order valence-electron chi connectivity index (χ2n) is 3.34. The van der Waals surface area contributed by atoms with Gasteiger partial charge in [-0.3, -0.25) is 5.01 Å². The number of nitrogens with zero attached hydrogens (tertiary/aromatic N) is 2. The molecule has 0 saturated carbocycles. The smallest absolute Gasteiger partial charge is 0.0519 e. The number of hydrogen-bond donors (Lipinski definition) is 1. The first kappa shape index (κ1) is 13.0. The molecule has 0 aromatic heterocycles. The predicted molar refractivity (Wildman–Crippen MR) is 63.0 cm³/mol. The van der Waals surface area contributed by atoms with Crippen LogP contribution in [0.3, 0.4) is 0 Å². The first-order valence-corrected chi connectivity index (χ1v) is 5.45. The minimum Gasteiger partial charge on any atom is -0.403 e. The maximum Gasteiger partial charge on any atom is 0.0519 e. The highest BCUT2D eigenvalue weighted by molar-refractivity contribution is 5.23. The minimum atomic E-state index is 0.906. The molecule has 0 spiro atoms. The van der Waals surface area contributed by atoms with Crippen LogP contribution in [0, 0.1) is 0 Å². The predicted octanol–water partition coefficient (Wildman–Crippen LogP) is 2.69. The third kappa shape index (κ3) is 4.90. The van der Waals surface area contributed by atoms with Crippen LogP contribution in [-0.2, 0) is 0 Å². The molecule has 0 amide bonds. The summed E-state index contributed by atoms with van der Waals surface area (Å²) in [6.07, 6.45) is 7.49. The molecule has 0 heterocycles. The molecule has 3 nitrogen and oxygen atoms in total. The van der Waals surface area contributed by atoms with Gasteiger partial charge in [0.1, 0.15) is 0 Å². The van der Waals surface area contributed by atoms with Crippen LogP contribution in [0.2, 0.25) is 0 Å². The van der Waals surface area contributed by atoms with Crippen molar-refractivity contribution >= 4 is 6.72 Å². The summed E-state index contributed by atoms with van der Waals surface area (Å²) in [5, 5.41) is 5.86. The lowest BCUT2D eigenvalue weighted by atomic mass is 10.2. The van der Waals surface area contributed by atoms with E-state index in [2.05, 4.69) is 25.7 Å². The van der Waals surface area contributed by atoms with E-state index in [1.165, 1.54) is 19.3 Å². The van der Waals surface area contributed by atoms with Gasteiger partial charge in [0, 0.05) is 19.5 Å². The van der Waals surface area contributed by atoms with Gasteiger partial charge in [-0.1, -0.05) is 33.1 Å². The van der Waals surface area contributed by atoms with Crippen molar-refractivity contribution in [3.8, 4) is 0 Å². The molecule has 82 valence electrons. The van der Waals surface area contributed by atoms with Crippen LogP contribution in [0.5, 0.6) is 0 Å². The molecule has 0 fully saturated rings. The fourth-order valence-corrected chi connectivity index (χ4v) is 1.38. The summed E-state index contributed by atoms with van der Waals surface area (Å²) in [4.78, 5) is 0. The Bertz CT molecular complexity index is 175. The maximum absolute atomic E-state index is 5.50. The molecule has 0 atom stereocenters. The summed E-state index contributed by atoms with van der Waals surface area (Å²) < 4.78 is 0. The molecule has 0 radical (unpaired) electrons. The lowest BCUT2D eigenvalue weighted by Crippen LogP contribution is -2.18.